The highest BCUT2D eigenvalue weighted by Gasteiger charge is 2.55. The topological polar surface area (TPSA) is 107 Å². The average Bonchev–Trinajstić information content (AvgIpc) is 3.20. The highest BCUT2D eigenvalue weighted by atomic mass is 35.5. The van der Waals surface area contributed by atoms with Crippen LogP contribution in [-0.4, -0.2) is 39.7 Å². The van der Waals surface area contributed by atoms with E-state index in [0.717, 1.165) is 6.42 Å². The number of imidazole rings is 1. The summed E-state index contributed by atoms with van der Waals surface area (Å²) in [4.78, 5) is 25.1. The molecule has 1 fully saturated rings. The fourth-order valence-electron chi connectivity index (χ4n) is 5.27. The number of nitrogens with one attached hydrogen (secondary N) is 1. The number of H-pyrrole nitrogens is 1. The van der Waals surface area contributed by atoms with Crippen molar-refractivity contribution in [3.05, 3.63) is 92.9 Å². The molecule has 5 aromatic rings. The Morgan fingerprint density at radius 1 is 1.05 bits per heavy atom. The summed E-state index contributed by atoms with van der Waals surface area (Å²) in [6.07, 6.45) is 2.15. The van der Waals surface area contributed by atoms with Gasteiger partial charge in [0.05, 0.1) is 17.4 Å². The quantitative estimate of drug-likeness (QED) is 0.366. The van der Waals surface area contributed by atoms with Crippen molar-refractivity contribution in [3.63, 3.8) is 0 Å². The number of fused-ring (bicyclic) bond motifs is 3. The summed E-state index contributed by atoms with van der Waals surface area (Å²) in [5.41, 5.74) is 0.641. The van der Waals surface area contributed by atoms with Crippen LogP contribution in [0.3, 0.4) is 0 Å². The number of rotatable bonds is 4. The number of aromatic nitrogens is 8. The van der Waals surface area contributed by atoms with Gasteiger partial charge in [-0.1, -0.05) is 17.7 Å². The number of halogens is 4. The standard InChI is InChI=1S/C25H16ClF3N8O/c1-10-2-4-12(20(28)19(10)27)21-23(29)33-24(32-21)22-13-7-14(13)25-31-16(8-18(38)37(22)25)15-6-11(26)3-5-17(15)36-9-30-34-35-36/h2-6,8-9,13-14,22H,7H2,1H3,(H,32,33). The summed E-state index contributed by atoms with van der Waals surface area (Å²) < 4.78 is 46.6. The third-order valence-corrected chi connectivity index (χ3v) is 7.39. The van der Waals surface area contributed by atoms with E-state index in [9.17, 15) is 18.0 Å². The van der Waals surface area contributed by atoms with Crippen LogP contribution in [0.4, 0.5) is 13.2 Å². The minimum absolute atomic E-state index is 0.0338. The van der Waals surface area contributed by atoms with Crippen LogP contribution in [0.25, 0.3) is 28.2 Å². The molecule has 9 nitrogen and oxygen atoms in total. The Morgan fingerprint density at radius 3 is 2.68 bits per heavy atom. The lowest BCUT2D eigenvalue weighted by Crippen LogP contribution is -2.27. The molecule has 190 valence electrons. The molecular weight excluding hydrogens is 521 g/mol. The normalized spacial score (nSPS) is 19.4. The predicted octanol–water partition coefficient (Wildman–Crippen LogP) is 4.36. The Morgan fingerprint density at radius 2 is 1.89 bits per heavy atom. The molecule has 13 heteroatoms. The van der Waals surface area contributed by atoms with Crippen LogP contribution < -0.4 is 5.56 Å². The van der Waals surface area contributed by atoms with Gasteiger partial charge in [-0.2, -0.15) is 9.07 Å². The molecule has 1 saturated carbocycles. The van der Waals surface area contributed by atoms with E-state index in [2.05, 4.69) is 25.5 Å². The first-order valence-corrected chi connectivity index (χ1v) is 12.1. The lowest BCUT2D eigenvalue weighted by Gasteiger charge is -2.16. The average molecular weight is 537 g/mol. The highest BCUT2D eigenvalue weighted by Crippen LogP contribution is 2.60. The van der Waals surface area contributed by atoms with Crippen molar-refractivity contribution in [2.45, 2.75) is 25.3 Å². The van der Waals surface area contributed by atoms with E-state index in [0.29, 0.717) is 27.8 Å². The molecule has 0 bridgehead atoms. The van der Waals surface area contributed by atoms with Gasteiger partial charge in [-0.05, 0) is 59.5 Å². The molecule has 0 saturated heterocycles. The van der Waals surface area contributed by atoms with Gasteiger partial charge in [0, 0.05) is 28.1 Å². The monoisotopic (exact) mass is 536 g/mol. The van der Waals surface area contributed by atoms with Crippen molar-refractivity contribution in [1.82, 2.24) is 39.7 Å². The molecule has 3 aromatic heterocycles. The number of hydrogen-bond acceptors (Lipinski definition) is 6. The Labute approximate surface area is 216 Å². The zero-order valence-electron chi connectivity index (χ0n) is 19.5. The van der Waals surface area contributed by atoms with Crippen LogP contribution in [0.5, 0.6) is 0 Å². The van der Waals surface area contributed by atoms with Crippen molar-refractivity contribution >= 4 is 11.6 Å². The van der Waals surface area contributed by atoms with Crippen LogP contribution in [0, 0.1) is 30.4 Å². The fraction of sp³-hybridized carbons (Fsp3) is 0.200. The van der Waals surface area contributed by atoms with Crippen molar-refractivity contribution in [2.75, 3.05) is 0 Å². The number of hydrogen-bond donors (Lipinski definition) is 1. The number of tetrazole rings is 1. The molecule has 0 amide bonds. The molecule has 2 aromatic carbocycles. The van der Waals surface area contributed by atoms with Gasteiger partial charge >= 0.3 is 0 Å². The highest BCUT2D eigenvalue weighted by molar-refractivity contribution is 6.31. The van der Waals surface area contributed by atoms with Gasteiger partial charge in [-0.15, -0.1) is 5.10 Å². The van der Waals surface area contributed by atoms with Crippen molar-refractivity contribution in [2.24, 2.45) is 5.92 Å². The molecule has 1 aliphatic carbocycles. The molecule has 3 unspecified atom stereocenters. The van der Waals surface area contributed by atoms with E-state index in [1.54, 1.807) is 18.2 Å². The number of aryl methyl sites for hydroxylation is 1. The minimum Gasteiger partial charge on any atom is -0.317 e. The van der Waals surface area contributed by atoms with Crippen LogP contribution in [-0.2, 0) is 0 Å². The molecule has 7 rings (SSSR count). The second kappa shape index (κ2) is 8.09. The lowest BCUT2D eigenvalue weighted by molar-refractivity contribution is 0.500. The third-order valence-electron chi connectivity index (χ3n) is 7.15. The maximum Gasteiger partial charge on any atom is 0.254 e. The molecular formula is C25H16ClF3N8O. The summed E-state index contributed by atoms with van der Waals surface area (Å²) in [5, 5.41) is 11.7. The van der Waals surface area contributed by atoms with Crippen molar-refractivity contribution in [1.29, 1.82) is 0 Å². The Kier molecular flexibility index (Phi) is 4.86. The van der Waals surface area contributed by atoms with E-state index in [1.165, 1.54) is 40.7 Å². The molecule has 3 atom stereocenters. The summed E-state index contributed by atoms with van der Waals surface area (Å²) in [6.45, 7) is 1.42. The first-order chi connectivity index (χ1) is 18.3. The number of aromatic amines is 1. The predicted molar refractivity (Wildman–Crippen MR) is 129 cm³/mol. The Hall–Kier alpha value is -4.32. The molecule has 1 N–H and O–H groups in total. The van der Waals surface area contributed by atoms with Crippen molar-refractivity contribution in [3.8, 4) is 28.2 Å². The van der Waals surface area contributed by atoms with Crippen molar-refractivity contribution < 1.29 is 13.2 Å². The summed E-state index contributed by atoms with van der Waals surface area (Å²) in [6, 6.07) is 8.48. The van der Waals surface area contributed by atoms with Gasteiger partial charge in [-0.3, -0.25) is 9.36 Å². The summed E-state index contributed by atoms with van der Waals surface area (Å²) in [5.74, 6) is -2.53. The van der Waals surface area contributed by atoms with E-state index in [-0.39, 0.29) is 40.0 Å². The smallest absolute Gasteiger partial charge is 0.254 e. The van der Waals surface area contributed by atoms with Gasteiger partial charge in [0.15, 0.2) is 11.6 Å². The van der Waals surface area contributed by atoms with Gasteiger partial charge in [-0.25, -0.2) is 18.7 Å². The largest absolute Gasteiger partial charge is 0.317 e. The van der Waals surface area contributed by atoms with E-state index in [1.807, 2.05) is 0 Å². The van der Waals surface area contributed by atoms with Gasteiger partial charge in [0.1, 0.15) is 23.7 Å². The molecule has 0 spiro atoms. The van der Waals surface area contributed by atoms with E-state index >= 15 is 0 Å². The maximum absolute atomic E-state index is 14.9. The number of nitrogens with zero attached hydrogens (tertiary/aromatic N) is 7. The third kappa shape index (κ3) is 3.33. The minimum atomic E-state index is -1.18. The zero-order valence-corrected chi connectivity index (χ0v) is 20.3. The summed E-state index contributed by atoms with van der Waals surface area (Å²) in [7, 11) is 0. The van der Waals surface area contributed by atoms with Crippen LogP contribution >= 0.6 is 11.6 Å². The van der Waals surface area contributed by atoms with Crippen LogP contribution in [0.15, 0.2) is 47.5 Å². The summed E-state index contributed by atoms with van der Waals surface area (Å²) >= 11 is 6.25. The zero-order chi connectivity index (χ0) is 26.3. The van der Waals surface area contributed by atoms with E-state index < -0.39 is 23.6 Å². The molecule has 0 radical (unpaired) electrons. The van der Waals surface area contributed by atoms with Gasteiger partial charge < -0.3 is 4.98 Å². The SMILES string of the molecule is Cc1ccc(-c2nc(C3C4CC4c4nc(-c5cc(Cl)ccc5-n5cnnn5)cc(=O)n43)[nH]c2F)c(F)c1F. The Balaban J connectivity index is 1.33. The number of benzene rings is 2. The molecule has 2 aliphatic rings. The molecule has 38 heavy (non-hydrogen) atoms. The van der Waals surface area contributed by atoms with Gasteiger partial charge in [0.25, 0.3) is 5.56 Å². The molecule has 4 heterocycles. The van der Waals surface area contributed by atoms with Crippen LogP contribution in [0.1, 0.15) is 35.6 Å². The Bertz CT molecular complexity index is 1820. The first-order valence-electron chi connectivity index (χ1n) is 11.7. The lowest BCUT2D eigenvalue weighted by atomic mass is 10.1. The first kappa shape index (κ1) is 22.8. The second-order valence-corrected chi connectivity index (χ2v) is 9.85. The fourth-order valence-corrected chi connectivity index (χ4v) is 5.44. The molecule has 1 aliphatic heterocycles. The van der Waals surface area contributed by atoms with Crippen LogP contribution in [0.2, 0.25) is 5.02 Å². The maximum atomic E-state index is 14.9. The van der Waals surface area contributed by atoms with Gasteiger partial charge in [0.2, 0.25) is 5.95 Å². The van der Waals surface area contributed by atoms with E-state index in [4.69, 9.17) is 16.6 Å². The second-order valence-electron chi connectivity index (χ2n) is 9.42.